The maximum atomic E-state index is 11.4. The van der Waals surface area contributed by atoms with E-state index in [1.165, 1.54) is 18.0 Å². The van der Waals surface area contributed by atoms with Crippen molar-refractivity contribution in [2.75, 3.05) is 24.0 Å². The Balaban J connectivity index is 2.48. The molecule has 0 N–H and O–H groups in total. The predicted molar refractivity (Wildman–Crippen MR) is 68.1 cm³/mol. The standard InChI is InChI=1S/C11H12N2O2S2/c1-13-8(6-12)7-16-11-5-9(17(2,14)15)3-4-10(11)13/h3-5,8H,7H2,1-2H3. The number of anilines is 1. The molecule has 0 fully saturated rings. The first-order chi connectivity index (χ1) is 7.93. The summed E-state index contributed by atoms with van der Waals surface area (Å²) in [5.41, 5.74) is 0.917. The van der Waals surface area contributed by atoms with Crippen molar-refractivity contribution in [3.05, 3.63) is 18.2 Å². The monoisotopic (exact) mass is 268 g/mol. The van der Waals surface area contributed by atoms with Gasteiger partial charge in [0.15, 0.2) is 9.84 Å². The molecule has 0 radical (unpaired) electrons. The summed E-state index contributed by atoms with van der Waals surface area (Å²) < 4.78 is 22.9. The molecule has 1 aliphatic heterocycles. The van der Waals surface area contributed by atoms with Gasteiger partial charge in [-0.15, -0.1) is 11.8 Å². The highest BCUT2D eigenvalue weighted by Gasteiger charge is 2.24. The number of nitrogens with zero attached hydrogens (tertiary/aromatic N) is 2. The summed E-state index contributed by atoms with van der Waals surface area (Å²) in [6, 6.07) is 7.10. The first kappa shape index (κ1) is 12.3. The van der Waals surface area contributed by atoms with Crippen LogP contribution in [0.2, 0.25) is 0 Å². The number of hydrogen-bond acceptors (Lipinski definition) is 5. The highest BCUT2D eigenvalue weighted by molar-refractivity contribution is 7.99. The molecule has 0 saturated heterocycles. The second-order valence-electron chi connectivity index (χ2n) is 3.97. The first-order valence-electron chi connectivity index (χ1n) is 5.03. The molecule has 0 amide bonds. The predicted octanol–water partition coefficient (Wildman–Crippen LogP) is 1.52. The van der Waals surface area contributed by atoms with Crippen LogP contribution in [0.5, 0.6) is 0 Å². The van der Waals surface area contributed by atoms with E-state index < -0.39 is 9.84 Å². The topological polar surface area (TPSA) is 61.2 Å². The average molecular weight is 268 g/mol. The van der Waals surface area contributed by atoms with Crippen LogP contribution in [-0.2, 0) is 9.84 Å². The Morgan fingerprint density at radius 2 is 2.24 bits per heavy atom. The van der Waals surface area contributed by atoms with Gasteiger partial charge < -0.3 is 4.90 Å². The Hall–Kier alpha value is -1.19. The molecule has 0 aliphatic carbocycles. The molecule has 1 aromatic carbocycles. The molecule has 0 aromatic heterocycles. The lowest BCUT2D eigenvalue weighted by Crippen LogP contribution is -2.35. The van der Waals surface area contributed by atoms with E-state index in [0.717, 1.165) is 10.6 Å². The number of benzene rings is 1. The lowest BCUT2D eigenvalue weighted by atomic mass is 10.2. The fraction of sp³-hybridized carbons (Fsp3) is 0.364. The van der Waals surface area contributed by atoms with E-state index in [0.29, 0.717) is 10.6 Å². The van der Waals surface area contributed by atoms with Gasteiger partial charge in [-0.25, -0.2) is 8.42 Å². The van der Waals surface area contributed by atoms with Crippen LogP contribution in [0.15, 0.2) is 28.0 Å². The molecular weight excluding hydrogens is 256 g/mol. The van der Waals surface area contributed by atoms with Gasteiger partial charge in [-0.05, 0) is 18.2 Å². The van der Waals surface area contributed by atoms with E-state index in [4.69, 9.17) is 5.26 Å². The molecule has 1 atom stereocenters. The number of fused-ring (bicyclic) bond motifs is 1. The zero-order chi connectivity index (χ0) is 12.6. The Morgan fingerprint density at radius 3 is 2.82 bits per heavy atom. The normalized spacial score (nSPS) is 19.6. The second-order valence-corrected chi connectivity index (χ2v) is 7.05. The molecule has 2 rings (SSSR count). The van der Waals surface area contributed by atoms with E-state index in [1.54, 1.807) is 18.2 Å². The van der Waals surface area contributed by atoms with Crippen molar-refractivity contribution in [1.82, 2.24) is 0 Å². The summed E-state index contributed by atoms with van der Waals surface area (Å²) in [4.78, 5) is 3.13. The molecule has 17 heavy (non-hydrogen) atoms. The third kappa shape index (κ3) is 2.26. The molecular formula is C11H12N2O2S2. The molecule has 0 saturated carbocycles. The molecule has 6 heteroatoms. The Morgan fingerprint density at radius 1 is 1.53 bits per heavy atom. The van der Waals surface area contributed by atoms with Crippen LogP contribution in [0.4, 0.5) is 5.69 Å². The van der Waals surface area contributed by atoms with Gasteiger partial charge in [-0.1, -0.05) is 0 Å². The number of thioether (sulfide) groups is 1. The molecule has 4 nitrogen and oxygen atoms in total. The largest absolute Gasteiger partial charge is 0.357 e. The van der Waals surface area contributed by atoms with E-state index in [2.05, 4.69) is 6.07 Å². The van der Waals surface area contributed by atoms with Crippen molar-refractivity contribution < 1.29 is 8.42 Å². The van der Waals surface area contributed by atoms with Crippen molar-refractivity contribution in [3.8, 4) is 6.07 Å². The Labute approximate surface area is 105 Å². The van der Waals surface area contributed by atoms with Gasteiger partial charge in [0.1, 0.15) is 6.04 Å². The van der Waals surface area contributed by atoms with E-state index >= 15 is 0 Å². The maximum absolute atomic E-state index is 11.4. The molecule has 0 bridgehead atoms. The fourth-order valence-corrected chi connectivity index (χ4v) is 3.63. The van der Waals surface area contributed by atoms with Gasteiger partial charge in [-0.3, -0.25) is 0 Å². The Kier molecular flexibility index (Phi) is 3.06. The lowest BCUT2D eigenvalue weighted by Gasteiger charge is -2.31. The van der Waals surface area contributed by atoms with E-state index in [-0.39, 0.29) is 6.04 Å². The summed E-state index contributed by atoms with van der Waals surface area (Å²) >= 11 is 1.53. The highest BCUT2D eigenvalue weighted by Crippen LogP contribution is 2.37. The number of sulfone groups is 1. The van der Waals surface area contributed by atoms with Crippen molar-refractivity contribution in [1.29, 1.82) is 5.26 Å². The first-order valence-corrected chi connectivity index (χ1v) is 7.90. The molecule has 90 valence electrons. The maximum Gasteiger partial charge on any atom is 0.175 e. The van der Waals surface area contributed by atoms with Gasteiger partial charge in [-0.2, -0.15) is 5.26 Å². The molecule has 1 aliphatic rings. The lowest BCUT2D eigenvalue weighted by molar-refractivity contribution is 0.601. The number of hydrogen-bond donors (Lipinski definition) is 0. The molecule has 1 aromatic rings. The van der Waals surface area contributed by atoms with Crippen LogP contribution in [0.1, 0.15) is 0 Å². The SMILES string of the molecule is CN1c2ccc(S(C)(=O)=O)cc2SCC1C#N. The van der Waals surface area contributed by atoms with Gasteiger partial charge >= 0.3 is 0 Å². The van der Waals surface area contributed by atoms with Crippen molar-refractivity contribution >= 4 is 27.3 Å². The van der Waals surface area contributed by atoms with E-state index in [1.807, 2.05) is 11.9 Å². The van der Waals surface area contributed by atoms with Gasteiger partial charge in [0, 0.05) is 24.0 Å². The quantitative estimate of drug-likeness (QED) is 0.773. The van der Waals surface area contributed by atoms with E-state index in [9.17, 15) is 8.42 Å². The molecule has 0 spiro atoms. The van der Waals surface area contributed by atoms with Gasteiger partial charge in [0.2, 0.25) is 0 Å². The van der Waals surface area contributed by atoms with Gasteiger partial charge in [0.05, 0.1) is 16.7 Å². The zero-order valence-corrected chi connectivity index (χ0v) is 11.2. The molecule has 1 unspecified atom stereocenters. The minimum Gasteiger partial charge on any atom is -0.357 e. The number of rotatable bonds is 1. The van der Waals surface area contributed by atoms with Crippen molar-refractivity contribution in [3.63, 3.8) is 0 Å². The Bertz CT molecular complexity index is 590. The summed E-state index contributed by atoms with van der Waals surface area (Å²) in [7, 11) is -1.32. The minimum atomic E-state index is -3.17. The van der Waals surface area contributed by atoms with Crippen LogP contribution in [0.3, 0.4) is 0 Å². The van der Waals surface area contributed by atoms with Crippen LogP contribution >= 0.6 is 11.8 Å². The fourth-order valence-electron chi connectivity index (χ4n) is 1.70. The highest BCUT2D eigenvalue weighted by atomic mass is 32.2. The minimum absolute atomic E-state index is 0.156. The second kappa shape index (κ2) is 4.24. The molecule has 1 heterocycles. The summed E-state index contributed by atoms with van der Waals surface area (Å²) in [6.45, 7) is 0. The number of nitriles is 1. The van der Waals surface area contributed by atoms with Crippen molar-refractivity contribution in [2.24, 2.45) is 0 Å². The summed E-state index contributed by atoms with van der Waals surface area (Å²) in [5.74, 6) is 0.660. The van der Waals surface area contributed by atoms with Crippen LogP contribution in [0.25, 0.3) is 0 Å². The van der Waals surface area contributed by atoms with Gasteiger partial charge in [0.25, 0.3) is 0 Å². The zero-order valence-electron chi connectivity index (χ0n) is 9.54. The third-order valence-electron chi connectivity index (χ3n) is 2.75. The summed E-state index contributed by atoms with van der Waals surface area (Å²) in [5, 5.41) is 8.97. The third-order valence-corrected chi connectivity index (χ3v) is 4.98. The van der Waals surface area contributed by atoms with Crippen LogP contribution in [0, 0.1) is 11.3 Å². The van der Waals surface area contributed by atoms with Crippen molar-refractivity contribution in [2.45, 2.75) is 15.8 Å². The average Bonchev–Trinajstić information content (AvgIpc) is 2.28. The smallest absolute Gasteiger partial charge is 0.175 e. The van der Waals surface area contributed by atoms with Crippen LogP contribution in [-0.4, -0.2) is 33.5 Å². The summed E-state index contributed by atoms with van der Waals surface area (Å²) in [6.07, 6.45) is 1.20. The van der Waals surface area contributed by atoms with Crippen LogP contribution < -0.4 is 4.90 Å².